The molecule has 2 rings (SSSR count). The third-order valence-corrected chi connectivity index (χ3v) is 2.88. The van der Waals surface area contributed by atoms with E-state index >= 15 is 0 Å². The number of ether oxygens (including phenoxy) is 1. The van der Waals surface area contributed by atoms with Gasteiger partial charge in [0, 0.05) is 5.69 Å². The molecule has 1 aliphatic rings. The average molecular weight is 226 g/mol. The molecule has 0 spiro atoms. The number of hydrogen-bond donors (Lipinski definition) is 3. The van der Waals surface area contributed by atoms with Crippen molar-refractivity contribution in [3.8, 4) is 0 Å². The Morgan fingerprint density at radius 1 is 1.25 bits per heavy atom. The quantitative estimate of drug-likeness (QED) is 0.535. The van der Waals surface area contributed by atoms with E-state index in [2.05, 4.69) is 9.97 Å². The van der Waals surface area contributed by atoms with Crippen LogP contribution >= 0.6 is 0 Å². The maximum atomic E-state index is 11.6. The Morgan fingerprint density at radius 3 is 2.56 bits per heavy atom. The van der Waals surface area contributed by atoms with Crippen molar-refractivity contribution in [2.45, 2.75) is 13.5 Å². The first-order chi connectivity index (χ1) is 7.66. The van der Waals surface area contributed by atoms with Gasteiger partial charge in [0.2, 0.25) is 0 Å². The summed E-state index contributed by atoms with van der Waals surface area (Å²) in [7, 11) is 0. The number of H-pyrrole nitrogens is 2. The highest BCUT2D eigenvalue weighted by Crippen LogP contribution is 1.92. The van der Waals surface area contributed by atoms with E-state index in [0.29, 0.717) is 17.8 Å². The molecule has 1 aromatic heterocycles. The lowest BCUT2D eigenvalue weighted by Gasteiger charge is -2.23. The zero-order valence-corrected chi connectivity index (χ0v) is 9.26. The SMILES string of the molecule is Cc1[nH]c(=O)[nH]c(=O)c1C[NH+]1CCOCC1. The molecule has 1 saturated heterocycles. The van der Waals surface area contributed by atoms with Crippen LogP contribution in [0.3, 0.4) is 0 Å². The Kier molecular flexibility index (Phi) is 3.21. The first kappa shape index (κ1) is 11.1. The van der Waals surface area contributed by atoms with E-state index in [1.165, 1.54) is 4.90 Å². The molecule has 1 aliphatic heterocycles. The van der Waals surface area contributed by atoms with Gasteiger partial charge < -0.3 is 14.6 Å². The van der Waals surface area contributed by atoms with Crippen LogP contribution in [0, 0.1) is 6.92 Å². The summed E-state index contributed by atoms with van der Waals surface area (Å²) in [6.45, 7) is 5.66. The summed E-state index contributed by atoms with van der Waals surface area (Å²) in [6.07, 6.45) is 0. The molecule has 3 N–H and O–H groups in total. The highest BCUT2D eigenvalue weighted by atomic mass is 16.5. The molecule has 0 aliphatic carbocycles. The minimum Gasteiger partial charge on any atom is -0.370 e. The Bertz CT molecular complexity index is 471. The van der Waals surface area contributed by atoms with Gasteiger partial charge in [-0.1, -0.05) is 0 Å². The fourth-order valence-electron chi connectivity index (χ4n) is 1.93. The molecule has 0 unspecified atom stereocenters. The predicted octanol–water partition coefficient (Wildman–Crippen LogP) is -2.21. The molecule has 88 valence electrons. The van der Waals surface area contributed by atoms with E-state index in [-0.39, 0.29) is 5.56 Å². The molecule has 0 saturated carbocycles. The number of morpholine rings is 1. The van der Waals surface area contributed by atoms with E-state index in [4.69, 9.17) is 4.74 Å². The van der Waals surface area contributed by atoms with Crippen LogP contribution in [0.1, 0.15) is 11.3 Å². The van der Waals surface area contributed by atoms with Crippen molar-refractivity contribution >= 4 is 0 Å². The third-order valence-electron chi connectivity index (χ3n) is 2.88. The Labute approximate surface area is 92.3 Å². The minimum absolute atomic E-state index is 0.278. The summed E-state index contributed by atoms with van der Waals surface area (Å²) in [4.78, 5) is 28.8. The molecule has 1 fully saturated rings. The number of rotatable bonds is 2. The standard InChI is InChI=1S/C10H15N3O3/c1-7-8(9(14)12-10(15)11-7)6-13-2-4-16-5-3-13/h2-6H2,1H3,(H2,11,12,14,15)/p+1. The van der Waals surface area contributed by atoms with Crippen molar-refractivity contribution in [3.05, 3.63) is 32.1 Å². The van der Waals surface area contributed by atoms with Crippen molar-refractivity contribution in [1.82, 2.24) is 9.97 Å². The largest absolute Gasteiger partial charge is 0.370 e. The monoisotopic (exact) mass is 226 g/mol. The van der Waals surface area contributed by atoms with E-state index in [1.54, 1.807) is 6.92 Å². The molecule has 1 aromatic rings. The van der Waals surface area contributed by atoms with Gasteiger partial charge in [-0.25, -0.2) is 4.79 Å². The highest BCUT2D eigenvalue weighted by Gasteiger charge is 2.17. The summed E-state index contributed by atoms with van der Waals surface area (Å²) < 4.78 is 5.25. The van der Waals surface area contributed by atoms with Crippen LogP contribution in [-0.2, 0) is 11.3 Å². The van der Waals surface area contributed by atoms with Gasteiger partial charge in [0.05, 0.1) is 18.8 Å². The third kappa shape index (κ3) is 2.40. The lowest BCUT2D eigenvalue weighted by Crippen LogP contribution is -3.13. The molecule has 0 bridgehead atoms. The van der Waals surface area contributed by atoms with E-state index in [1.807, 2.05) is 0 Å². The van der Waals surface area contributed by atoms with Crippen molar-refractivity contribution in [3.63, 3.8) is 0 Å². The summed E-state index contributed by atoms with van der Waals surface area (Å²) in [5, 5.41) is 0. The van der Waals surface area contributed by atoms with Crippen LogP contribution < -0.4 is 16.1 Å². The molecule has 2 heterocycles. The molecular weight excluding hydrogens is 210 g/mol. The molecule has 6 nitrogen and oxygen atoms in total. The normalized spacial score (nSPS) is 17.6. The molecule has 0 atom stereocenters. The maximum absolute atomic E-state index is 11.6. The summed E-state index contributed by atoms with van der Waals surface area (Å²) in [5.41, 5.74) is 0.604. The minimum atomic E-state index is -0.441. The topological polar surface area (TPSA) is 79.4 Å². The van der Waals surface area contributed by atoms with E-state index in [0.717, 1.165) is 26.3 Å². The number of quaternary nitrogens is 1. The molecule has 16 heavy (non-hydrogen) atoms. The average Bonchev–Trinajstić information content (AvgIpc) is 2.25. The Morgan fingerprint density at radius 2 is 1.94 bits per heavy atom. The van der Waals surface area contributed by atoms with Gasteiger partial charge in [-0.2, -0.15) is 0 Å². The lowest BCUT2D eigenvalue weighted by atomic mass is 10.2. The number of aryl methyl sites for hydroxylation is 1. The van der Waals surface area contributed by atoms with Crippen LogP contribution in [-0.4, -0.2) is 36.3 Å². The first-order valence-corrected chi connectivity index (χ1v) is 5.40. The van der Waals surface area contributed by atoms with Gasteiger partial charge in [0.1, 0.15) is 19.6 Å². The lowest BCUT2D eigenvalue weighted by molar-refractivity contribution is -0.921. The van der Waals surface area contributed by atoms with Crippen molar-refractivity contribution in [2.75, 3.05) is 26.3 Å². The van der Waals surface area contributed by atoms with Gasteiger partial charge in [-0.3, -0.25) is 9.78 Å². The van der Waals surface area contributed by atoms with Crippen LogP contribution in [0.15, 0.2) is 9.59 Å². The fraction of sp³-hybridized carbons (Fsp3) is 0.600. The van der Waals surface area contributed by atoms with E-state index < -0.39 is 5.69 Å². The summed E-state index contributed by atoms with van der Waals surface area (Å²) in [6, 6.07) is 0. The predicted molar refractivity (Wildman–Crippen MR) is 57.6 cm³/mol. The summed E-state index contributed by atoms with van der Waals surface area (Å²) >= 11 is 0. The highest BCUT2D eigenvalue weighted by molar-refractivity contribution is 5.12. The second-order valence-corrected chi connectivity index (χ2v) is 4.05. The first-order valence-electron chi connectivity index (χ1n) is 5.40. The van der Waals surface area contributed by atoms with E-state index in [9.17, 15) is 9.59 Å². The number of aromatic amines is 2. The fourth-order valence-corrected chi connectivity index (χ4v) is 1.93. The van der Waals surface area contributed by atoms with Gasteiger partial charge in [0.15, 0.2) is 0 Å². The van der Waals surface area contributed by atoms with Gasteiger partial charge in [-0.05, 0) is 6.92 Å². The van der Waals surface area contributed by atoms with Crippen molar-refractivity contribution in [2.24, 2.45) is 0 Å². The Hall–Kier alpha value is -1.40. The molecule has 0 aromatic carbocycles. The zero-order valence-electron chi connectivity index (χ0n) is 9.26. The van der Waals surface area contributed by atoms with Crippen LogP contribution in [0.5, 0.6) is 0 Å². The van der Waals surface area contributed by atoms with Crippen molar-refractivity contribution in [1.29, 1.82) is 0 Å². The van der Waals surface area contributed by atoms with Crippen LogP contribution in [0.2, 0.25) is 0 Å². The maximum Gasteiger partial charge on any atom is 0.325 e. The van der Waals surface area contributed by atoms with Crippen LogP contribution in [0.4, 0.5) is 0 Å². The summed E-state index contributed by atoms with van der Waals surface area (Å²) in [5.74, 6) is 0. The zero-order chi connectivity index (χ0) is 11.5. The number of aromatic nitrogens is 2. The number of nitrogens with one attached hydrogen (secondary N) is 3. The molecule has 6 heteroatoms. The van der Waals surface area contributed by atoms with Gasteiger partial charge in [0.25, 0.3) is 5.56 Å². The number of hydrogen-bond acceptors (Lipinski definition) is 3. The van der Waals surface area contributed by atoms with Crippen LogP contribution in [0.25, 0.3) is 0 Å². The smallest absolute Gasteiger partial charge is 0.325 e. The van der Waals surface area contributed by atoms with Crippen molar-refractivity contribution < 1.29 is 9.64 Å². The molecule has 0 amide bonds. The molecular formula is C10H16N3O3+. The Balaban J connectivity index is 2.20. The second kappa shape index (κ2) is 4.63. The molecule has 0 radical (unpaired) electrons. The van der Waals surface area contributed by atoms with Gasteiger partial charge >= 0.3 is 5.69 Å². The second-order valence-electron chi connectivity index (χ2n) is 4.05. The van der Waals surface area contributed by atoms with Gasteiger partial charge in [-0.15, -0.1) is 0 Å².